The Morgan fingerprint density at radius 3 is 2.68 bits per heavy atom. The standard InChI is InChI=1S/C17H20N6O3S2/c1-13-15(16(24)21-28(2,25)26)20-17(27-13)22(8-9-23-12-18-11-19-23)10-14-6-4-3-5-7-14/h3-7,11-12H,8-10H2,1-2H3,(H,21,24). The number of nitrogens with one attached hydrogen (secondary N) is 1. The monoisotopic (exact) mass is 420 g/mol. The number of sulfonamides is 1. The molecule has 2 heterocycles. The predicted octanol–water partition coefficient (Wildman–Crippen LogP) is 1.44. The summed E-state index contributed by atoms with van der Waals surface area (Å²) in [5, 5.41) is 4.75. The maximum absolute atomic E-state index is 12.2. The first-order valence-electron chi connectivity index (χ1n) is 8.42. The molecule has 0 unspecified atom stereocenters. The fourth-order valence-electron chi connectivity index (χ4n) is 2.56. The SMILES string of the molecule is Cc1sc(N(CCn2cncn2)Cc2ccccc2)nc1C(=O)NS(C)(=O)=O. The molecule has 1 N–H and O–H groups in total. The number of hydrogen-bond acceptors (Lipinski definition) is 8. The molecular formula is C17H20N6O3S2. The lowest BCUT2D eigenvalue weighted by Gasteiger charge is -2.22. The summed E-state index contributed by atoms with van der Waals surface area (Å²) in [5.74, 6) is -0.724. The van der Waals surface area contributed by atoms with Crippen LogP contribution in [-0.4, -0.2) is 46.9 Å². The number of aromatic nitrogens is 4. The van der Waals surface area contributed by atoms with Crippen LogP contribution in [0, 0.1) is 6.92 Å². The molecule has 28 heavy (non-hydrogen) atoms. The third-order valence-electron chi connectivity index (χ3n) is 3.83. The number of nitrogens with zero attached hydrogens (tertiary/aromatic N) is 5. The van der Waals surface area contributed by atoms with E-state index in [9.17, 15) is 13.2 Å². The Hall–Kier alpha value is -2.79. The van der Waals surface area contributed by atoms with Crippen molar-refractivity contribution in [2.24, 2.45) is 0 Å². The van der Waals surface area contributed by atoms with Crippen LogP contribution in [0.1, 0.15) is 20.9 Å². The van der Waals surface area contributed by atoms with Gasteiger partial charge in [-0.25, -0.2) is 23.1 Å². The zero-order valence-electron chi connectivity index (χ0n) is 15.4. The van der Waals surface area contributed by atoms with Crippen molar-refractivity contribution in [2.45, 2.75) is 20.0 Å². The van der Waals surface area contributed by atoms with E-state index < -0.39 is 15.9 Å². The molecule has 0 saturated heterocycles. The smallest absolute Gasteiger partial charge is 0.284 e. The number of anilines is 1. The van der Waals surface area contributed by atoms with E-state index in [1.165, 1.54) is 17.7 Å². The zero-order valence-corrected chi connectivity index (χ0v) is 17.1. The van der Waals surface area contributed by atoms with Gasteiger partial charge in [0.1, 0.15) is 18.3 Å². The van der Waals surface area contributed by atoms with E-state index in [1.807, 2.05) is 40.0 Å². The van der Waals surface area contributed by atoms with Gasteiger partial charge in [-0.3, -0.25) is 9.48 Å². The Morgan fingerprint density at radius 1 is 1.29 bits per heavy atom. The molecule has 2 aromatic heterocycles. The highest BCUT2D eigenvalue weighted by atomic mass is 32.2. The summed E-state index contributed by atoms with van der Waals surface area (Å²) in [4.78, 5) is 23.3. The van der Waals surface area contributed by atoms with Gasteiger partial charge in [-0.2, -0.15) is 5.10 Å². The molecule has 0 spiro atoms. The predicted molar refractivity (Wildman–Crippen MR) is 107 cm³/mol. The number of rotatable bonds is 8. The molecule has 148 valence electrons. The van der Waals surface area contributed by atoms with Crippen molar-refractivity contribution >= 4 is 32.4 Å². The van der Waals surface area contributed by atoms with Gasteiger partial charge >= 0.3 is 0 Å². The third kappa shape index (κ3) is 5.36. The molecule has 3 aromatic rings. The molecule has 0 aliphatic heterocycles. The summed E-state index contributed by atoms with van der Waals surface area (Å²) < 4.78 is 26.4. The molecule has 0 atom stereocenters. The van der Waals surface area contributed by atoms with E-state index >= 15 is 0 Å². The fraction of sp³-hybridized carbons (Fsp3) is 0.294. The molecule has 11 heteroatoms. The minimum absolute atomic E-state index is 0.115. The summed E-state index contributed by atoms with van der Waals surface area (Å²) in [6.07, 6.45) is 4.05. The highest BCUT2D eigenvalue weighted by Gasteiger charge is 2.21. The van der Waals surface area contributed by atoms with E-state index in [1.54, 1.807) is 17.9 Å². The average molecular weight is 421 g/mol. The second-order valence-electron chi connectivity index (χ2n) is 6.17. The van der Waals surface area contributed by atoms with Gasteiger partial charge in [0.05, 0.1) is 12.8 Å². The highest BCUT2D eigenvalue weighted by molar-refractivity contribution is 7.89. The van der Waals surface area contributed by atoms with Crippen LogP contribution in [0.25, 0.3) is 0 Å². The lowest BCUT2D eigenvalue weighted by molar-refractivity contribution is 0.0977. The highest BCUT2D eigenvalue weighted by Crippen LogP contribution is 2.27. The van der Waals surface area contributed by atoms with Crippen LogP contribution in [-0.2, 0) is 23.1 Å². The molecule has 9 nitrogen and oxygen atoms in total. The Balaban J connectivity index is 1.84. The molecule has 0 fully saturated rings. The van der Waals surface area contributed by atoms with Crippen LogP contribution in [0.3, 0.4) is 0 Å². The Morgan fingerprint density at radius 2 is 2.04 bits per heavy atom. The van der Waals surface area contributed by atoms with Crippen LogP contribution in [0.4, 0.5) is 5.13 Å². The van der Waals surface area contributed by atoms with Gasteiger partial charge in [0, 0.05) is 18.0 Å². The summed E-state index contributed by atoms with van der Waals surface area (Å²) in [7, 11) is -3.65. The molecule has 1 aromatic carbocycles. The summed E-state index contributed by atoms with van der Waals surface area (Å²) in [6, 6.07) is 9.90. The fourth-order valence-corrected chi connectivity index (χ4v) is 3.93. The Labute approximate surface area is 167 Å². The number of carbonyl (C=O) groups excluding carboxylic acids is 1. The molecule has 0 aliphatic rings. The van der Waals surface area contributed by atoms with Crippen molar-refractivity contribution in [1.82, 2.24) is 24.5 Å². The summed E-state index contributed by atoms with van der Waals surface area (Å²) >= 11 is 1.35. The van der Waals surface area contributed by atoms with Crippen LogP contribution in [0.5, 0.6) is 0 Å². The maximum Gasteiger partial charge on any atom is 0.284 e. The van der Waals surface area contributed by atoms with Crippen molar-refractivity contribution in [1.29, 1.82) is 0 Å². The summed E-state index contributed by atoms with van der Waals surface area (Å²) in [6.45, 7) is 3.53. The van der Waals surface area contributed by atoms with Crippen LogP contribution < -0.4 is 9.62 Å². The minimum Gasteiger partial charge on any atom is -0.342 e. The van der Waals surface area contributed by atoms with Gasteiger partial charge < -0.3 is 4.90 Å². The number of hydrogen-bond donors (Lipinski definition) is 1. The van der Waals surface area contributed by atoms with Crippen LogP contribution >= 0.6 is 11.3 Å². The number of thiazole rings is 1. The summed E-state index contributed by atoms with van der Waals surface area (Å²) in [5.41, 5.74) is 1.21. The second-order valence-corrected chi connectivity index (χ2v) is 9.10. The number of benzene rings is 1. The maximum atomic E-state index is 12.2. The topological polar surface area (TPSA) is 110 Å². The third-order valence-corrected chi connectivity index (χ3v) is 5.42. The first kappa shape index (κ1) is 20.0. The normalized spacial score (nSPS) is 11.4. The number of amides is 1. The lowest BCUT2D eigenvalue weighted by Crippen LogP contribution is -2.30. The van der Waals surface area contributed by atoms with Crippen LogP contribution in [0.2, 0.25) is 0 Å². The number of carbonyl (C=O) groups is 1. The van der Waals surface area contributed by atoms with E-state index in [4.69, 9.17) is 0 Å². The molecule has 3 rings (SSSR count). The van der Waals surface area contributed by atoms with E-state index in [-0.39, 0.29) is 5.69 Å². The molecule has 0 aliphatic carbocycles. The largest absolute Gasteiger partial charge is 0.342 e. The van der Waals surface area contributed by atoms with Crippen molar-refractivity contribution in [3.8, 4) is 0 Å². The first-order chi connectivity index (χ1) is 13.3. The number of aryl methyl sites for hydroxylation is 1. The Kier molecular flexibility index (Phi) is 6.05. The van der Waals surface area contributed by atoms with Gasteiger partial charge in [0.15, 0.2) is 5.13 Å². The molecular weight excluding hydrogens is 400 g/mol. The minimum atomic E-state index is -3.65. The molecule has 1 amide bonds. The second kappa shape index (κ2) is 8.48. The van der Waals surface area contributed by atoms with Gasteiger partial charge in [-0.15, -0.1) is 11.3 Å². The van der Waals surface area contributed by atoms with E-state index in [2.05, 4.69) is 15.1 Å². The van der Waals surface area contributed by atoms with Gasteiger partial charge in [0.2, 0.25) is 10.0 Å². The van der Waals surface area contributed by atoms with Gasteiger partial charge in [-0.1, -0.05) is 30.3 Å². The van der Waals surface area contributed by atoms with Crippen molar-refractivity contribution in [3.63, 3.8) is 0 Å². The lowest BCUT2D eigenvalue weighted by atomic mass is 10.2. The van der Waals surface area contributed by atoms with Crippen molar-refractivity contribution in [3.05, 3.63) is 59.1 Å². The quantitative estimate of drug-likeness (QED) is 0.587. The van der Waals surface area contributed by atoms with Crippen LogP contribution in [0.15, 0.2) is 43.0 Å². The Bertz CT molecular complexity index is 1030. The molecule has 0 saturated carbocycles. The van der Waals surface area contributed by atoms with Crippen molar-refractivity contribution in [2.75, 3.05) is 17.7 Å². The van der Waals surface area contributed by atoms with E-state index in [0.29, 0.717) is 29.6 Å². The molecule has 0 bridgehead atoms. The van der Waals surface area contributed by atoms with Gasteiger partial charge in [-0.05, 0) is 12.5 Å². The van der Waals surface area contributed by atoms with E-state index in [0.717, 1.165) is 11.8 Å². The zero-order chi connectivity index (χ0) is 20.1. The molecule has 0 radical (unpaired) electrons. The van der Waals surface area contributed by atoms with Crippen molar-refractivity contribution < 1.29 is 13.2 Å². The average Bonchev–Trinajstić information content (AvgIpc) is 3.27. The first-order valence-corrected chi connectivity index (χ1v) is 11.1. The van der Waals surface area contributed by atoms with Gasteiger partial charge in [0.25, 0.3) is 5.91 Å².